The van der Waals surface area contributed by atoms with Gasteiger partial charge in [0.2, 0.25) is 0 Å². The molecule has 0 aromatic carbocycles. The minimum absolute atomic E-state index is 0.136. The van der Waals surface area contributed by atoms with Gasteiger partial charge < -0.3 is 0 Å². The summed E-state index contributed by atoms with van der Waals surface area (Å²) in [5, 5.41) is 12.2. The van der Waals surface area contributed by atoms with Gasteiger partial charge in [-0.05, 0) is 18.2 Å². The lowest BCUT2D eigenvalue weighted by atomic mass is 9.95. The summed E-state index contributed by atoms with van der Waals surface area (Å²) >= 11 is 6.31. The van der Waals surface area contributed by atoms with Gasteiger partial charge in [0.25, 0.3) is 5.92 Å². The number of hydrogen-bond donors (Lipinski definition) is 1. The fraction of sp³-hybridized carbons (Fsp3) is 0.263. The van der Waals surface area contributed by atoms with E-state index < -0.39 is 17.2 Å². The third-order valence-corrected chi connectivity index (χ3v) is 6.15. The molecule has 10 heteroatoms. The summed E-state index contributed by atoms with van der Waals surface area (Å²) in [4.78, 5) is 8.35. The van der Waals surface area contributed by atoms with E-state index in [0.717, 1.165) is 6.20 Å². The lowest BCUT2D eigenvalue weighted by Crippen LogP contribution is -2.13. The summed E-state index contributed by atoms with van der Waals surface area (Å²) in [7, 11) is 0. The molecule has 1 aliphatic carbocycles. The number of fused-ring (bicyclic) bond motifs is 2. The van der Waals surface area contributed by atoms with E-state index in [1.807, 2.05) is 0 Å². The van der Waals surface area contributed by atoms with Gasteiger partial charge in [-0.1, -0.05) is 11.6 Å². The maximum Gasteiger partial charge on any atom is 0.256 e. The fourth-order valence-corrected chi connectivity index (χ4v) is 4.54. The Morgan fingerprint density at radius 1 is 1.17 bits per heavy atom. The number of alkyl halides is 2. The Balaban J connectivity index is 1.62. The van der Waals surface area contributed by atoms with Gasteiger partial charge in [0.1, 0.15) is 16.7 Å². The van der Waals surface area contributed by atoms with E-state index in [4.69, 9.17) is 11.6 Å². The zero-order chi connectivity index (χ0) is 20.0. The Kier molecular flexibility index (Phi) is 3.13. The first kappa shape index (κ1) is 17.0. The van der Waals surface area contributed by atoms with Gasteiger partial charge in [-0.3, -0.25) is 14.8 Å². The van der Waals surface area contributed by atoms with Crippen molar-refractivity contribution in [2.45, 2.75) is 25.3 Å². The SMILES string of the molecule is Fc1ccc(-c2nn3c(c2-c2ccnc4n[nH]c(Cl)c24)CC2(C3)CC2(F)F)nc1. The zero-order valence-electron chi connectivity index (χ0n) is 14.8. The van der Waals surface area contributed by atoms with E-state index >= 15 is 0 Å². The number of halogens is 4. The van der Waals surface area contributed by atoms with Crippen molar-refractivity contribution < 1.29 is 13.2 Å². The molecule has 5 heterocycles. The molecule has 146 valence electrons. The summed E-state index contributed by atoms with van der Waals surface area (Å²) in [6.07, 6.45) is 2.73. The molecule has 1 spiro atoms. The lowest BCUT2D eigenvalue weighted by molar-refractivity contribution is 0.0630. The Morgan fingerprint density at radius 3 is 2.72 bits per heavy atom. The van der Waals surface area contributed by atoms with E-state index in [2.05, 4.69) is 25.3 Å². The lowest BCUT2D eigenvalue weighted by Gasteiger charge is -2.09. The van der Waals surface area contributed by atoms with Crippen LogP contribution in [0, 0.1) is 11.2 Å². The number of H-pyrrole nitrogens is 1. The van der Waals surface area contributed by atoms with Crippen molar-refractivity contribution in [2.75, 3.05) is 0 Å². The summed E-state index contributed by atoms with van der Waals surface area (Å²) in [6.45, 7) is 0.136. The molecule has 4 aromatic heterocycles. The smallest absolute Gasteiger partial charge is 0.256 e. The number of aromatic nitrogens is 6. The summed E-state index contributed by atoms with van der Waals surface area (Å²) in [6, 6.07) is 4.57. The molecule has 4 aromatic rings. The summed E-state index contributed by atoms with van der Waals surface area (Å²) < 4.78 is 43.1. The first-order valence-corrected chi connectivity index (χ1v) is 9.35. The maximum atomic E-state index is 14.1. The molecule has 0 bridgehead atoms. The van der Waals surface area contributed by atoms with Gasteiger partial charge in [0.05, 0.1) is 29.2 Å². The van der Waals surface area contributed by atoms with E-state index in [0.29, 0.717) is 44.4 Å². The normalized spacial score (nSPS) is 21.8. The van der Waals surface area contributed by atoms with Crippen LogP contribution in [0.3, 0.4) is 0 Å². The number of nitrogens with one attached hydrogen (secondary N) is 1. The van der Waals surface area contributed by atoms with Crippen LogP contribution in [0.2, 0.25) is 5.15 Å². The highest BCUT2D eigenvalue weighted by molar-refractivity contribution is 6.35. The van der Waals surface area contributed by atoms with Crippen molar-refractivity contribution in [3.8, 4) is 22.5 Å². The van der Waals surface area contributed by atoms with Crippen LogP contribution in [-0.2, 0) is 13.0 Å². The molecule has 1 aliphatic heterocycles. The Bertz CT molecular complexity index is 1300. The fourth-order valence-electron chi connectivity index (χ4n) is 4.31. The monoisotopic (exact) mass is 416 g/mol. The highest BCUT2D eigenvalue weighted by Crippen LogP contribution is 2.66. The number of aromatic amines is 1. The van der Waals surface area contributed by atoms with E-state index in [1.165, 1.54) is 12.1 Å². The topological polar surface area (TPSA) is 72.3 Å². The highest BCUT2D eigenvalue weighted by Gasteiger charge is 2.73. The predicted octanol–water partition coefficient (Wildman–Crippen LogP) is 4.26. The molecule has 6 rings (SSSR count). The molecule has 1 atom stereocenters. The second-order valence-electron chi connectivity index (χ2n) is 7.62. The maximum absolute atomic E-state index is 14.1. The van der Waals surface area contributed by atoms with Crippen molar-refractivity contribution in [3.63, 3.8) is 0 Å². The average Bonchev–Trinajstić information content (AvgIpc) is 3.07. The van der Waals surface area contributed by atoms with E-state index in [-0.39, 0.29) is 19.4 Å². The largest absolute Gasteiger partial charge is 0.267 e. The molecular weight excluding hydrogens is 405 g/mol. The molecule has 29 heavy (non-hydrogen) atoms. The molecular formula is C19H12ClF3N6. The quantitative estimate of drug-likeness (QED) is 0.530. The zero-order valence-corrected chi connectivity index (χ0v) is 15.5. The first-order chi connectivity index (χ1) is 13.9. The number of pyridine rings is 2. The van der Waals surface area contributed by atoms with Crippen molar-refractivity contribution in [1.82, 2.24) is 29.9 Å². The van der Waals surface area contributed by atoms with Gasteiger partial charge in [-0.2, -0.15) is 10.2 Å². The predicted molar refractivity (Wildman–Crippen MR) is 99.0 cm³/mol. The van der Waals surface area contributed by atoms with Gasteiger partial charge >= 0.3 is 0 Å². The second-order valence-corrected chi connectivity index (χ2v) is 8.00. The van der Waals surface area contributed by atoms with Crippen LogP contribution in [0.25, 0.3) is 33.5 Å². The van der Waals surface area contributed by atoms with Crippen LogP contribution in [0.15, 0.2) is 30.6 Å². The minimum atomic E-state index is -2.69. The molecule has 1 unspecified atom stereocenters. The Labute approximate surface area is 166 Å². The average molecular weight is 417 g/mol. The molecule has 2 aliphatic rings. The molecule has 1 saturated carbocycles. The van der Waals surface area contributed by atoms with Crippen molar-refractivity contribution in [1.29, 1.82) is 0 Å². The van der Waals surface area contributed by atoms with Crippen molar-refractivity contribution in [3.05, 3.63) is 47.3 Å². The summed E-state index contributed by atoms with van der Waals surface area (Å²) in [5.74, 6) is -3.16. The number of nitrogens with zero attached hydrogens (tertiary/aromatic N) is 5. The van der Waals surface area contributed by atoms with Crippen LogP contribution < -0.4 is 0 Å². The molecule has 1 fully saturated rings. The minimum Gasteiger partial charge on any atom is -0.267 e. The number of hydrogen-bond acceptors (Lipinski definition) is 4. The Morgan fingerprint density at radius 2 is 2.00 bits per heavy atom. The van der Waals surface area contributed by atoms with Crippen LogP contribution in [0.5, 0.6) is 0 Å². The van der Waals surface area contributed by atoms with Gasteiger partial charge in [-0.25, -0.2) is 18.2 Å². The first-order valence-electron chi connectivity index (χ1n) is 8.97. The molecule has 0 radical (unpaired) electrons. The molecule has 0 saturated heterocycles. The third kappa shape index (κ3) is 2.24. The van der Waals surface area contributed by atoms with Crippen LogP contribution >= 0.6 is 11.6 Å². The van der Waals surface area contributed by atoms with Gasteiger partial charge in [0, 0.05) is 35.9 Å². The molecule has 1 N–H and O–H groups in total. The van der Waals surface area contributed by atoms with Gasteiger partial charge in [0.15, 0.2) is 5.65 Å². The van der Waals surface area contributed by atoms with Crippen molar-refractivity contribution >= 4 is 22.6 Å². The molecule has 6 nitrogen and oxygen atoms in total. The van der Waals surface area contributed by atoms with Crippen molar-refractivity contribution in [2.24, 2.45) is 5.41 Å². The third-order valence-electron chi connectivity index (χ3n) is 5.88. The molecule has 0 amide bonds. The van der Waals surface area contributed by atoms with Crippen LogP contribution in [0.1, 0.15) is 12.1 Å². The Hall–Kier alpha value is -2.94. The second kappa shape index (κ2) is 5.35. The van der Waals surface area contributed by atoms with E-state index in [1.54, 1.807) is 16.9 Å². The highest BCUT2D eigenvalue weighted by atomic mass is 35.5. The van der Waals surface area contributed by atoms with Gasteiger partial charge in [-0.15, -0.1) is 0 Å². The summed E-state index contributed by atoms with van der Waals surface area (Å²) in [5.41, 5.74) is 2.29. The van der Waals surface area contributed by atoms with Crippen LogP contribution in [0.4, 0.5) is 13.2 Å². The van der Waals surface area contributed by atoms with E-state index in [9.17, 15) is 13.2 Å². The standard InChI is InChI=1S/C19H12ClF3N6/c20-16-14-10(3-4-24-17(14)27-26-16)13-12-5-18(7-19(18,22)23)8-29(12)28-15(13)11-2-1-9(21)6-25-11/h1-4,6H,5,7-8H2,(H,24,26,27). The number of rotatable bonds is 2. The van der Waals surface area contributed by atoms with Crippen LogP contribution in [-0.4, -0.2) is 35.9 Å².